The monoisotopic (exact) mass is 536 g/mol. The zero-order chi connectivity index (χ0) is 24.2. The quantitative estimate of drug-likeness (QED) is 0.606. The molecule has 1 aliphatic heterocycles. The highest BCUT2D eigenvalue weighted by molar-refractivity contribution is 7.93. The molecule has 0 bridgehead atoms. The van der Waals surface area contributed by atoms with Gasteiger partial charge in [-0.3, -0.25) is 0 Å². The second-order valence-electron chi connectivity index (χ2n) is 8.44. The molecule has 180 valence electrons. The average Bonchev–Trinajstić information content (AvgIpc) is 3.36. The number of nitrogens with one attached hydrogen (secondary N) is 1. The Labute approximate surface area is 197 Å². The van der Waals surface area contributed by atoms with E-state index in [0.29, 0.717) is 19.3 Å². The van der Waals surface area contributed by atoms with Gasteiger partial charge in [0.2, 0.25) is 29.9 Å². The molecule has 1 aliphatic carbocycles. The highest BCUT2D eigenvalue weighted by Crippen LogP contribution is 2.54. The van der Waals surface area contributed by atoms with Crippen LogP contribution in [0.25, 0.3) is 0 Å². The first-order valence-electron chi connectivity index (χ1n) is 10.0. The Hall–Kier alpha value is -1.57. The number of benzene rings is 2. The van der Waals surface area contributed by atoms with E-state index in [9.17, 15) is 29.6 Å². The van der Waals surface area contributed by atoms with Crippen molar-refractivity contribution in [2.24, 2.45) is 5.41 Å². The molecule has 1 saturated carbocycles. The van der Waals surface area contributed by atoms with E-state index in [-0.39, 0.29) is 29.6 Å². The van der Waals surface area contributed by atoms with Crippen molar-refractivity contribution >= 4 is 41.5 Å². The van der Waals surface area contributed by atoms with Crippen LogP contribution in [0.15, 0.2) is 57.2 Å². The first-order chi connectivity index (χ1) is 15.3. The number of hydrogen-bond acceptors (Lipinski definition) is 6. The normalized spacial score (nSPS) is 21.2. The van der Waals surface area contributed by atoms with Crippen molar-refractivity contribution in [2.45, 2.75) is 40.0 Å². The molecular formula is C20H22ClFN2O6S3. The maximum absolute atomic E-state index is 14.3. The SMILES string of the molecule is CS(=O)(=O)NC1CC12CCN(S(=O)(=O)c1ccc(Cl)cc1S(=O)(=O)c1ccccc1F)CC2. The molecule has 2 aromatic rings. The Kier molecular flexibility index (Phi) is 6.16. The van der Waals surface area contributed by atoms with Crippen molar-refractivity contribution in [2.75, 3.05) is 19.3 Å². The van der Waals surface area contributed by atoms with E-state index in [4.69, 9.17) is 11.6 Å². The van der Waals surface area contributed by atoms with E-state index >= 15 is 0 Å². The van der Waals surface area contributed by atoms with Gasteiger partial charge >= 0.3 is 0 Å². The molecule has 0 radical (unpaired) electrons. The van der Waals surface area contributed by atoms with Gasteiger partial charge in [-0.25, -0.2) is 34.4 Å². The lowest BCUT2D eigenvalue weighted by Crippen LogP contribution is -2.41. The van der Waals surface area contributed by atoms with Gasteiger partial charge in [0.1, 0.15) is 15.6 Å². The molecule has 1 spiro atoms. The maximum atomic E-state index is 14.3. The molecule has 4 rings (SSSR count). The largest absolute Gasteiger partial charge is 0.244 e. The van der Waals surface area contributed by atoms with Gasteiger partial charge in [-0.2, -0.15) is 4.31 Å². The van der Waals surface area contributed by atoms with Crippen LogP contribution >= 0.6 is 11.6 Å². The van der Waals surface area contributed by atoms with Crippen LogP contribution in [0.1, 0.15) is 19.3 Å². The fourth-order valence-electron chi connectivity index (χ4n) is 4.32. The van der Waals surface area contributed by atoms with E-state index in [1.54, 1.807) is 0 Å². The van der Waals surface area contributed by atoms with Gasteiger partial charge in [-0.1, -0.05) is 23.7 Å². The Morgan fingerprint density at radius 2 is 1.61 bits per heavy atom. The lowest BCUT2D eigenvalue weighted by atomic mass is 9.94. The van der Waals surface area contributed by atoms with Crippen molar-refractivity contribution in [3.63, 3.8) is 0 Å². The standard InChI is InChI=1S/C20H22ClFN2O6S3/c1-31(25,26)23-19-13-20(19)8-10-24(11-9-20)33(29,30)17-7-6-14(21)12-18(17)32(27,28)16-5-3-2-4-15(16)22/h2-7,12,19,23H,8-11,13H2,1H3. The van der Waals surface area contributed by atoms with Crippen molar-refractivity contribution in [1.29, 1.82) is 0 Å². The molecule has 1 N–H and O–H groups in total. The second kappa shape index (κ2) is 8.28. The van der Waals surface area contributed by atoms with Crippen LogP contribution in [-0.2, 0) is 29.9 Å². The van der Waals surface area contributed by atoms with Crippen LogP contribution in [0.5, 0.6) is 0 Å². The predicted molar refractivity (Wildman–Crippen MR) is 120 cm³/mol. The van der Waals surface area contributed by atoms with Gasteiger partial charge in [0, 0.05) is 24.2 Å². The number of nitrogens with zero attached hydrogens (tertiary/aromatic N) is 1. The highest BCUT2D eigenvalue weighted by atomic mass is 35.5. The third-order valence-electron chi connectivity index (χ3n) is 6.20. The summed E-state index contributed by atoms with van der Waals surface area (Å²) in [5, 5.41) is -0.00543. The first-order valence-corrected chi connectivity index (χ1v) is 15.2. The molecular weight excluding hydrogens is 515 g/mol. The van der Waals surface area contributed by atoms with Gasteiger partial charge in [0.25, 0.3) is 0 Å². The molecule has 2 aliphatic rings. The Bertz CT molecular complexity index is 1420. The Morgan fingerprint density at radius 1 is 0.970 bits per heavy atom. The van der Waals surface area contributed by atoms with E-state index in [1.807, 2.05) is 0 Å². The van der Waals surface area contributed by atoms with Gasteiger partial charge in [-0.15, -0.1) is 0 Å². The predicted octanol–water partition coefficient (Wildman–Crippen LogP) is 2.40. The number of hydrogen-bond donors (Lipinski definition) is 1. The molecule has 8 nitrogen and oxygen atoms in total. The summed E-state index contributed by atoms with van der Waals surface area (Å²) in [6.45, 7) is 0.207. The molecule has 2 aromatic carbocycles. The number of sulfonamides is 2. The zero-order valence-electron chi connectivity index (χ0n) is 17.5. The van der Waals surface area contributed by atoms with Crippen LogP contribution in [0.4, 0.5) is 4.39 Å². The second-order valence-corrected chi connectivity index (χ2v) is 14.4. The van der Waals surface area contributed by atoms with Crippen LogP contribution < -0.4 is 4.72 Å². The van der Waals surface area contributed by atoms with Crippen molar-refractivity contribution in [1.82, 2.24) is 9.03 Å². The average molecular weight is 537 g/mol. The smallest absolute Gasteiger partial charge is 0.218 e. The maximum Gasteiger partial charge on any atom is 0.244 e. The van der Waals surface area contributed by atoms with E-state index in [2.05, 4.69) is 4.72 Å². The molecule has 1 saturated heterocycles. The van der Waals surface area contributed by atoms with Crippen molar-refractivity contribution in [3.05, 3.63) is 53.3 Å². The van der Waals surface area contributed by atoms with Gasteiger partial charge in [0.05, 0.1) is 11.2 Å². The first kappa shape index (κ1) is 24.6. The van der Waals surface area contributed by atoms with Crippen LogP contribution in [0, 0.1) is 11.2 Å². The summed E-state index contributed by atoms with van der Waals surface area (Å²) in [7, 11) is -12.1. The fraction of sp³-hybridized carbons (Fsp3) is 0.400. The van der Waals surface area contributed by atoms with Gasteiger partial charge in [-0.05, 0) is 55.0 Å². The number of sulfone groups is 1. The summed E-state index contributed by atoms with van der Waals surface area (Å²) in [5.41, 5.74) is -0.294. The summed E-state index contributed by atoms with van der Waals surface area (Å²) in [5.74, 6) is -1.00. The third-order valence-corrected chi connectivity index (χ3v) is 11.1. The van der Waals surface area contributed by atoms with E-state index in [0.717, 1.165) is 30.5 Å². The minimum absolute atomic E-state index is 0.00543. The van der Waals surface area contributed by atoms with Crippen LogP contribution in [0.2, 0.25) is 5.02 Å². The minimum Gasteiger partial charge on any atom is -0.218 e. The van der Waals surface area contributed by atoms with E-state index in [1.165, 1.54) is 22.5 Å². The Balaban J connectivity index is 1.65. The summed E-state index contributed by atoms with van der Waals surface area (Å²) < 4.78 is 94.3. The van der Waals surface area contributed by atoms with Crippen molar-refractivity contribution < 1.29 is 29.6 Å². The summed E-state index contributed by atoms with van der Waals surface area (Å²) in [4.78, 5) is -1.72. The number of halogens is 2. The molecule has 33 heavy (non-hydrogen) atoms. The van der Waals surface area contributed by atoms with Gasteiger partial charge < -0.3 is 0 Å². The fourth-order valence-corrected chi connectivity index (χ4v) is 8.98. The molecule has 0 aromatic heterocycles. The Morgan fingerprint density at radius 3 is 2.21 bits per heavy atom. The lowest BCUT2D eigenvalue weighted by Gasteiger charge is -2.32. The molecule has 0 amide bonds. The highest BCUT2D eigenvalue weighted by Gasteiger charge is 2.56. The third kappa shape index (κ3) is 4.69. The summed E-state index contributed by atoms with van der Waals surface area (Å²) in [6.07, 6.45) is 2.57. The number of rotatable bonds is 6. The minimum atomic E-state index is -4.53. The topological polar surface area (TPSA) is 118 Å². The lowest BCUT2D eigenvalue weighted by molar-refractivity contribution is 0.249. The molecule has 1 heterocycles. The van der Waals surface area contributed by atoms with Crippen LogP contribution in [-0.4, -0.2) is 54.9 Å². The summed E-state index contributed by atoms with van der Waals surface area (Å²) in [6, 6.07) is 7.88. The molecule has 2 fully saturated rings. The molecule has 13 heteroatoms. The van der Waals surface area contributed by atoms with Gasteiger partial charge in [0.15, 0.2) is 0 Å². The molecule has 1 atom stereocenters. The summed E-state index contributed by atoms with van der Waals surface area (Å²) >= 11 is 5.98. The molecule has 1 unspecified atom stereocenters. The van der Waals surface area contributed by atoms with Crippen LogP contribution in [0.3, 0.4) is 0 Å². The van der Waals surface area contributed by atoms with E-state index < -0.39 is 50.4 Å². The van der Waals surface area contributed by atoms with Crippen molar-refractivity contribution in [3.8, 4) is 0 Å². The number of piperidine rings is 1. The zero-order valence-corrected chi connectivity index (χ0v) is 20.7.